The molecule has 2 aliphatic rings. The van der Waals surface area contributed by atoms with E-state index in [4.69, 9.17) is 27.2 Å². The number of aromatic nitrogens is 4. The number of hydrogen-bond acceptors (Lipinski definition) is 6. The van der Waals surface area contributed by atoms with Gasteiger partial charge in [-0.25, -0.2) is 14.5 Å². The second-order valence-electron chi connectivity index (χ2n) is 8.50. The van der Waals surface area contributed by atoms with Crippen LogP contribution in [0, 0.1) is 0 Å². The van der Waals surface area contributed by atoms with Crippen LogP contribution < -0.4 is 10.5 Å². The molecule has 2 aliphatic heterocycles. The topological polar surface area (TPSA) is 124 Å². The molecular formula is C23H26ClN7O3. The Kier molecular flexibility index (Phi) is 6.71. The molecule has 2 aromatic heterocycles. The summed E-state index contributed by atoms with van der Waals surface area (Å²) in [6.45, 7) is 5.04. The average molecular weight is 484 g/mol. The van der Waals surface area contributed by atoms with E-state index in [1.165, 1.54) is 11.2 Å². The van der Waals surface area contributed by atoms with E-state index in [1.54, 1.807) is 41.7 Å². The molecule has 0 aliphatic carbocycles. The zero-order valence-electron chi connectivity index (χ0n) is 18.9. The van der Waals surface area contributed by atoms with Gasteiger partial charge in [-0.3, -0.25) is 9.58 Å². The number of carbonyl (C=O) groups is 1. The van der Waals surface area contributed by atoms with E-state index in [2.05, 4.69) is 10.1 Å². The second-order valence-corrected chi connectivity index (χ2v) is 8.94. The van der Waals surface area contributed by atoms with Crippen molar-refractivity contribution in [2.75, 3.05) is 13.2 Å². The van der Waals surface area contributed by atoms with Crippen LogP contribution in [0.4, 0.5) is 4.79 Å². The molecule has 0 bridgehead atoms. The first kappa shape index (κ1) is 23.5. The van der Waals surface area contributed by atoms with Gasteiger partial charge in [0.25, 0.3) is 0 Å². The summed E-state index contributed by atoms with van der Waals surface area (Å²) in [5.74, 6) is 0.825. The maximum Gasteiger partial charge on any atom is 0.320 e. The lowest BCUT2D eigenvalue weighted by Gasteiger charge is -2.16. The van der Waals surface area contributed by atoms with Gasteiger partial charge < -0.3 is 15.6 Å². The molecule has 34 heavy (non-hydrogen) atoms. The van der Waals surface area contributed by atoms with Gasteiger partial charge >= 0.3 is 6.03 Å². The number of hydrogen-bond donors (Lipinski definition) is 2. The molecule has 0 saturated carbocycles. The van der Waals surface area contributed by atoms with Gasteiger partial charge in [0.15, 0.2) is 0 Å². The van der Waals surface area contributed by atoms with Crippen molar-refractivity contribution in [1.82, 2.24) is 24.5 Å². The summed E-state index contributed by atoms with van der Waals surface area (Å²) in [7, 11) is 0. The van der Waals surface area contributed by atoms with Crippen molar-refractivity contribution < 1.29 is 14.6 Å². The molecule has 4 heterocycles. The number of nitrogens with zero attached hydrogens (tertiary/aromatic N) is 6. The lowest BCUT2D eigenvalue weighted by atomic mass is 10.0. The average Bonchev–Trinajstić information content (AvgIpc) is 3.53. The van der Waals surface area contributed by atoms with Gasteiger partial charge in [-0.1, -0.05) is 11.6 Å². The highest BCUT2D eigenvalue weighted by Crippen LogP contribution is 2.40. The third-order valence-corrected chi connectivity index (χ3v) is 5.25. The summed E-state index contributed by atoms with van der Waals surface area (Å²) in [6.07, 6.45) is 11.1. The highest BCUT2D eigenvalue weighted by atomic mass is 35.5. The van der Waals surface area contributed by atoms with E-state index < -0.39 is 11.6 Å². The van der Waals surface area contributed by atoms with Crippen molar-refractivity contribution in [1.29, 1.82) is 0 Å². The summed E-state index contributed by atoms with van der Waals surface area (Å²) < 4.78 is 9.32. The first-order chi connectivity index (χ1) is 16.2. The molecule has 0 fully saturated rings. The van der Waals surface area contributed by atoms with Crippen LogP contribution in [0.1, 0.15) is 19.4 Å². The van der Waals surface area contributed by atoms with Crippen LogP contribution in [0.25, 0.3) is 16.9 Å². The van der Waals surface area contributed by atoms with Gasteiger partial charge in [-0.15, -0.1) is 0 Å². The minimum atomic E-state index is -0.878. The van der Waals surface area contributed by atoms with Crippen LogP contribution in [0.5, 0.6) is 5.75 Å². The van der Waals surface area contributed by atoms with Crippen molar-refractivity contribution in [3.8, 4) is 22.7 Å². The fourth-order valence-electron chi connectivity index (χ4n) is 3.64. The predicted molar refractivity (Wildman–Crippen MR) is 129 cm³/mol. The molecule has 0 atom stereocenters. The van der Waals surface area contributed by atoms with Crippen molar-refractivity contribution in [3.05, 3.63) is 59.7 Å². The lowest BCUT2D eigenvalue weighted by molar-refractivity contribution is 0.0578. The minimum absolute atomic E-state index is 0.366. The lowest BCUT2D eigenvalue weighted by Crippen LogP contribution is -2.35. The molecule has 2 amide bonds. The number of urea groups is 1. The molecule has 3 N–H and O–H groups in total. The molecule has 0 unspecified atom stereocenters. The quantitative estimate of drug-likeness (QED) is 0.590. The summed E-state index contributed by atoms with van der Waals surface area (Å²) in [4.78, 5) is 15.4. The molecule has 0 saturated heterocycles. The van der Waals surface area contributed by atoms with Crippen LogP contribution in [0.2, 0.25) is 5.02 Å². The fraction of sp³-hybridized carbons (Fsp3) is 0.304. The van der Waals surface area contributed by atoms with Gasteiger partial charge in [-0.05, 0) is 43.7 Å². The smallest absolute Gasteiger partial charge is 0.320 e. The second kappa shape index (κ2) is 9.70. The Labute approximate surface area is 201 Å². The fourth-order valence-corrected chi connectivity index (χ4v) is 3.88. The normalized spacial score (nSPS) is 14.4. The molecule has 3 aromatic rings. The van der Waals surface area contributed by atoms with Gasteiger partial charge in [-0.2, -0.15) is 10.2 Å². The number of halogens is 1. The molecule has 0 spiro atoms. The number of primary amides is 1. The van der Waals surface area contributed by atoms with Crippen molar-refractivity contribution in [2.24, 2.45) is 10.7 Å². The van der Waals surface area contributed by atoms with Crippen LogP contribution in [-0.4, -0.2) is 60.7 Å². The Morgan fingerprint density at radius 1 is 1.35 bits per heavy atom. The van der Waals surface area contributed by atoms with Crippen molar-refractivity contribution >= 4 is 24.0 Å². The van der Waals surface area contributed by atoms with E-state index >= 15 is 0 Å². The Hall–Kier alpha value is -3.63. The van der Waals surface area contributed by atoms with Gasteiger partial charge in [0.05, 0.1) is 31.3 Å². The van der Waals surface area contributed by atoms with Gasteiger partial charge in [0.1, 0.15) is 17.1 Å². The zero-order valence-corrected chi connectivity index (χ0v) is 19.7. The number of carbonyl (C=O) groups excluding carboxylic acids is 1. The number of ether oxygens (including phenoxy) is 1. The Bertz CT molecular complexity index is 1230. The summed E-state index contributed by atoms with van der Waals surface area (Å²) in [5, 5.41) is 19.8. The van der Waals surface area contributed by atoms with Crippen LogP contribution >= 0.6 is 11.6 Å². The first-order valence-electron chi connectivity index (χ1n) is 10.7. The minimum Gasteiger partial charge on any atom is -0.492 e. The largest absolute Gasteiger partial charge is 0.492 e. The Morgan fingerprint density at radius 2 is 2.18 bits per heavy atom. The molecule has 178 valence electrons. The maximum absolute atomic E-state index is 10.4. The highest BCUT2D eigenvalue weighted by molar-refractivity contribution is 6.31. The van der Waals surface area contributed by atoms with E-state index in [1.807, 2.05) is 30.6 Å². The monoisotopic (exact) mass is 483 g/mol. The van der Waals surface area contributed by atoms with Crippen molar-refractivity contribution in [3.63, 3.8) is 0 Å². The number of fused-ring (bicyclic) bond motifs is 1. The SMILES string of the molecule is CC(C)(O)Cn1cc(-n2cccn2)c(-c2cc(Cl)cc3c2OCC3)n1.NC(=O)N1C=NC=CC1. The van der Waals surface area contributed by atoms with E-state index in [9.17, 15) is 9.90 Å². The highest BCUT2D eigenvalue weighted by Gasteiger charge is 2.25. The molecule has 1 aromatic carbocycles. The maximum atomic E-state index is 10.4. The Balaban J connectivity index is 0.000000257. The number of nitrogens with two attached hydrogens (primary N) is 1. The van der Waals surface area contributed by atoms with E-state index in [0.717, 1.165) is 34.7 Å². The van der Waals surface area contributed by atoms with Crippen molar-refractivity contribution in [2.45, 2.75) is 32.4 Å². The zero-order chi connectivity index (χ0) is 24.3. The number of rotatable bonds is 4. The van der Waals surface area contributed by atoms with Gasteiger partial charge in [0.2, 0.25) is 0 Å². The predicted octanol–water partition coefficient (Wildman–Crippen LogP) is 3.02. The number of aliphatic imine (C=N–C) groups is 1. The molecular weight excluding hydrogens is 458 g/mol. The first-order valence-corrected chi connectivity index (χ1v) is 11.1. The number of amides is 2. The number of benzene rings is 1. The molecule has 0 radical (unpaired) electrons. The molecule has 5 rings (SSSR count). The van der Waals surface area contributed by atoms with E-state index in [-0.39, 0.29) is 0 Å². The van der Waals surface area contributed by atoms with Crippen LogP contribution in [0.15, 0.2) is 54.1 Å². The summed E-state index contributed by atoms with van der Waals surface area (Å²) >= 11 is 6.32. The molecule has 11 heteroatoms. The summed E-state index contributed by atoms with van der Waals surface area (Å²) in [6, 6.07) is 5.20. The summed E-state index contributed by atoms with van der Waals surface area (Å²) in [5.41, 5.74) is 7.53. The van der Waals surface area contributed by atoms with E-state index in [0.29, 0.717) is 24.7 Å². The molecule has 10 nitrogen and oxygen atoms in total. The third kappa shape index (κ3) is 5.46. The van der Waals surface area contributed by atoms with Gasteiger partial charge in [0, 0.05) is 42.1 Å². The number of aliphatic hydroxyl groups is 1. The van der Waals surface area contributed by atoms with Crippen LogP contribution in [0.3, 0.4) is 0 Å². The standard InChI is InChI=1S/C18H19ClN4O2.C5H7N3O/c1-18(2,24)11-22-10-15(23-6-3-5-20-23)16(21-22)14-9-13(19)8-12-4-7-25-17(12)14;6-5(9)8-3-1-2-7-4-8/h3,5-6,8-10,24H,4,7,11H2,1-2H3;1-2,4H,3H2,(H2,6,9). The third-order valence-electron chi connectivity index (χ3n) is 5.03. The van der Waals surface area contributed by atoms with Crippen LogP contribution in [-0.2, 0) is 13.0 Å². The Morgan fingerprint density at radius 3 is 2.79 bits per heavy atom.